The zero-order valence-corrected chi connectivity index (χ0v) is 16.5. The van der Waals surface area contributed by atoms with E-state index < -0.39 is 11.5 Å². The molecule has 0 aromatic heterocycles. The van der Waals surface area contributed by atoms with Gasteiger partial charge in [0.05, 0.1) is 18.3 Å². The molecule has 2 fully saturated rings. The molecule has 5 unspecified atom stereocenters. The highest BCUT2D eigenvalue weighted by molar-refractivity contribution is 5.93. The molecule has 3 rings (SSSR count). The molecular weight excluding hydrogens is 344 g/mol. The second kappa shape index (κ2) is 7.27. The third-order valence-corrected chi connectivity index (χ3v) is 7.02. The number of aliphatic hydroxyl groups excluding tert-OH is 1. The predicted molar refractivity (Wildman–Crippen MR) is 102 cm³/mol. The van der Waals surface area contributed by atoms with E-state index in [0.717, 1.165) is 24.8 Å². The molecule has 148 valence electrons. The number of allylic oxidation sites excluding steroid dienone is 2. The van der Waals surface area contributed by atoms with E-state index in [4.69, 9.17) is 9.47 Å². The van der Waals surface area contributed by atoms with Gasteiger partial charge in [-0.3, -0.25) is 4.79 Å². The third-order valence-electron chi connectivity index (χ3n) is 7.02. The number of hydrogen-bond acceptors (Lipinski definition) is 5. The summed E-state index contributed by atoms with van der Waals surface area (Å²) < 4.78 is 10.3. The van der Waals surface area contributed by atoms with Gasteiger partial charge in [0.25, 0.3) is 0 Å². The number of cyclic esters (lactones) is 1. The lowest BCUT2D eigenvalue weighted by atomic mass is 9.46. The maximum absolute atomic E-state index is 11.7. The first-order valence-electron chi connectivity index (χ1n) is 9.73. The molecule has 2 saturated carbocycles. The van der Waals surface area contributed by atoms with Gasteiger partial charge >= 0.3 is 11.9 Å². The molecule has 0 aromatic carbocycles. The summed E-state index contributed by atoms with van der Waals surface area (Å²) in [5.41, 5.74) is 1.15. The summed E-state index contributed by atoms with van der Waals surface area (Å²) in [5.74, 6) is -0.306. The second-order valence-corrected chi connectivity index (χ2v) is 8.69. The van der Waals surface area contributed by atoms with Crippen molar-refractivity contribution in [2.24, 2.45) is 22.7 Å². The molecule has 0 spiro atoms. The Hall–Kier alpha value is -1.88. The first-order chi connectivity index (χ1) is 12.7. The van der Waals surface area contributed by atoms with Crippen LogP contribution in [0.25, 0.3) is 0 Å². The van der Waals surface area contributed by atoms with Crippen LogP contribution in [0.3, 0.4) is 0 Å². The van der Waals surface area contributed by atoms with Crippen LogP contribution in [0.2, 0.25) is 0 Å². The first kappa shape index (κ1) is 19.9. The van der Waals surface area contributed by atoms with Crippen molar-refractivity contribution in [3.8, 4) is 0 Å². The first-order valence-corrected chi connectivity index (χ1v) is 9.73. The van der Waals surface area contributed by atoms with Gasteiger partial charge in [0.15, 0.2) is 0 Å². The van der Waals surface area contributed by atoms with Gasteiger partial charge in [0, 0.05) is 18.3 Å². The number of hydrogen-bond donors (Lipinski definition) is 1. The Balaban J connectivity index is 1.90. The number of rotatable bonds is 4. The van der Waals surface area contributed by atoms with Crippen LogP contribution >= 0.6 is 0 Å². The number of ether oxygens (including phenoxy) is 2. The van der Waals surface area contributed by atoms with Crippen LogP contribution in [-0.2, 0) is 19.1 Å². The van der Waals surface area contributed by atoms with E-state index in [1.807, 2.05) is 13.0 Å². The van der Waals surface area contributed by atoms with Crippen LogP contribution in [0.5, 0.6) is 0 Å². The summed E-state index contributed by atoms with van der Waals surface area (Å²) in [4.78, 5) is 23.1. The van der Waals surface area contributed by atoms with E-state index in [-0.39, 0.29) is 35.8 Å². The fourth-order valence-corrected chi connectivity index (χ4v) is 5.44. The van der Waals surface area contributed by atoms with E-state index in [0.29, 0.717) is 18.6 Å². The summed E-state index contributed by atoms with van der Waals surface area (Å²) >= 11 is 0. The second-order valence-electron chi connectivity index (χ2n) is 8.69. The number of fused-ring (bicyclic) bond motifs is 1. The molecule has 0 amide bonds. The summed E-state index contributed by atoms with van der Waals surface area (Å²) in [6, 6.07) is 0. The molecule has 5 nitrogen and oxygen atoms in total. The molecule has 3 aliphatic rings. The minimum atomic E-state index is -0.501. The van der Waals surface area contributed by atoms with Crippen LogP contribution < -0.4 is 0 Å². The SMILES string of the molecule is C=C1CCC2C(C)(COC(C)=O)C(O)CCC2(C)C1/C=C/C1=CCOC1=O. The molecule has 1 aliphatic heterocycles. The molecule has 0 aromatic rings. The lowest BCUT2D eigenvalue weighted by molar-refractivity contribution is -0.170. The smallest absolute Gasteiger partial charge is 0.338 e. The Kier molecular flexibility index (Phi) is 5.35. The Morgan fingerprint density at radius 2 is 2.19 bits per heavy atom. The standard InChI is InChI=1S/C22H30O5/c1-14-5-8-18-21(3,17(14)7-6-16-10-12-26-20(16)25)11-9-19(24)22(18,4)13-27-15(2)23/h6-7,10,17-19,24H,1,5,8-9,11-13H2,2-4H3/b7-6+. The van der Waals surface area contributed by atoms with Crippen LogP contribution in [0.15, 0.2) is 36.0 Å². The number of esters is 2. The lowest BCUT2D eigenvalue weighted by Gasteiger charge is -2.59. The van der Waals surface area contributed by atoms with Crippen molar-refractivity contribution < 1.29 is 24.2 Å². The van der Waals surface area contributed by atoms with E-state index >= 15 is 0 Å². The molecule has 5 atom stereocenters. The van der Waals surface area contributed by atoms with E-state index in [1.54, 1.807) is 6.08 Å². The zero-order valence-electron chi connectivity index (χ0n) is 16.5. The fourth-order valence-electron chi connectivity index (χ4n) is 5.44. The molecule has 0 radical (unpaired) electrons. The zero-order chi connectivity index (χ0) is 19.8. The van der Waals surface area contributed by atoms with Gasteiger partial charge in [-0.2, -0.15) is 0 Å². The van der Waals surface area contributed by atoms with Gasteiger partial charge in [0.1, 0.15) is 6.61 Å². The van der Waals surface area contributed by atoms with Crippen LogP contribution in [-0.4, -0.2) is 36.4 Å². The highest BCUT2D eigenvalue weighted by Gasteiger charge is 2.57. The summed E-state index contributed by atoms with van der Waals surface area (Å²) in [6.07, 6.45) is 8.53. The predicted octanol–water partition coefficient (Wildman–Crippen LogP) is 3.34. The Bertz CT molecular complexity index is 705. The normalized spacial score (nSPS) is 39.1. The fraction of sp³-hybridized carbons (Fsp3) is 0.636. The van der Waals surface area contributed by atoms with Crippen LogP contribution in [0, 0.1) is 22.7 Å². The van der Waals surface area contributed by atoms with Crippen molar-refractivity contribution in [1.82, 2.24) is 0 Å². The van der Waals surface area contributed by atoms with E-state index in [1.165, 1.54) is 6.92 Å². The lowest BCUT2D eigenvalue weighted by Crippen LogP contribution is -2.57. The highest BCUT2D eigenvalue weighted by atomic mass is 16.5. The quantitative estimate of drug-likeness (QED) is 0.603. The molecule has 2 aliphatic carbocycles. The average Bonchev–Trinajstić information content (AvgIpc) is 3.01. The van der Waals surface area contributed by atoms with Gasteiger partial charge in [-0.05, 0) is 43.1 Å². The van der Waals surface area contributed by atoms with Crippen LogP contribution in [0.4, 0.5) is 0 Å². The average molecular weight is 374 g/mol. The van der Waals surface area contributed by atoms with Crippen molar-refractivity contribution in [2.45, 2.75) is 52.6 Å². The number of carbonyl (C=O) groups excluding carboxylic acids is 2. The molecule has 27 heavy (non-hydrogen) atoms. The summed E-state index contributed by atoms with van der Waals surface area (Å²) in [5, 5.41) is 10.8. The van der Waals surface area contributed by atoms with Crippen molar-refractivity contribution in [2.75, 3.05) is 13.2 Å². The van der Waals surface area contributed by atoms with Gasteiger partial charge in [-0.1, -0.05) is 38.2 Å². The minimum absolute atomic E-state index is 0.106. The van der Waals surface area contributed by atoms with Crippen molar-refractivity contribution >= 4 is 11.9 Å². The van der Waals surface area contributed by atoms with Crippen molar-refractivity contribution in [1.29, 1.82) is 0 Å². The maximum atomic E-state index is 11.7. The molecule has 1 heterocycles. The number of aliphatic hydroxyl groups is 1. The summed E-state index contributed by atoms with van der Waals surface area (Å²) in [6.45, 7) is 10.5. The molecular formula is C22H30O5. The van der Waals surface area contributed by atoms with Crippen molar-refractivity contribution in [3.05, 3.63) is 36.0 Å². The third kappa shape index (κ3) is 3.49. The maximum Gasteiger partial charge on any atom is 0.338 e. The monoisotopic (exact) mass is 374 g/mol. The topological polar surface area (TPSA) is 72.8 Å². The Labute approximate surface area is 161 Å². The molecule has 1 N–H and O–H groups in total. The Morgan fingerprint density at radius 1 is 1.44 bits per heavy atom. The minimum Gasteiger partial charge on any atom is -0.465 e. The summed E-state index contributed by atoms with van der Waals surface area (Å²) in [7, 11) is 0. The van der Waals surface area contributed by atoms with Gasteiger partial charge < -0.3 is 14.6 Å². The van der Waals surface area contributed by atoms with Crippen molar-refractivity contribution in [3.63, 3.8) is 0 Å². The molecule has 0 bridgehead atoms. The molecule has 0 saturated heterocycles. The highest BCUT2D eigenvalue weighted by Crippen LogP contribution is 2.61. The van der Waals surface area contributed by atoms with E-state index in [2.05, 4.69) is 19.6 Å². The van der Waals surface area contributed by atoms with Crippen LogP contribution in [0.1, 0.15) is 46.5 Å². The Morgan fingerprint density at radius 3 is 2.81 bits per heavy atom. The molecule has 5 heteroatoms. The van der Waals surface area contributed by atoms with Gasteiger partial charge in [-0.25, -0.2) is 4.79 Å². The van der Waals surface area contributed by atoms with Gasteiger partial charge in [0.2, 0.25) is 0 Å². The largest absolute Gasteiger partial charge is 0.465 e. The van der Waals surface area contributed by atoms with Gasteiger partial charge in [-0.15, -0.1) is 0 Å². The number of carbonyl (C=O) groups is 2. The van der Waals surface area contributed by atoms with E-state index in [9.17, 15) is 14.7 Å².